The van der Waals surface area contributed by atoms with Crippen LogP contribution in [0.1, 0.15) is 73.5 Å². The molecule has 1 fully saturated rings. The summed E-state index contributed by atoms with van der Waals surface area (Å²) in [6, 6.07) is 12.2. The van der Waals surface area contributed by atoms with Crippen LogP contribution in [0.4, 0.5) is 17.3 Å². The number of ketones is 2. The van der Waals surface area contributed by atoms with Crippen molar-refractivity contribution in [2.45, 2.75) is 76.9 Å². The van der Waals surface area contributed by atoms with Gasteiger partial charge in [0.05, 0.1) is 38.1 Å². The summed E-state index contributed by atoms with van der Waals surface area (Å²) in [7, 11) is 0. The minimum Gasteiger partial charge on any atom is -0.480 e. The Balaban J connectivity index is 1.04. The largest absolute Gasteiger partial charge is 0.480 e. The fourth-order valence-corrected chi connectivity index (χ4v) is 8.09. The second-order valence-corrected chi connectivity index (χ2v) is 17.3. The van der Waals surface area contributed by atoms with Crippen LogP contribution in [0.3, 0.4) is 0 Å². The van der Waals surface area contributed by atoms with Gasteiger partial charge in [-0.25, -0.2) is 14.8 Å². The maximum atomic E-state index is 12.9. The van der Waals surface area contributed by atoms with Gasteiger partial charge >= 0.3 is 17.9 Å². The third kappa shape index (κ3) is 18.2. The number of aromatic amines is 1. The zero-order valence-corrected chi connectivity index (χ0v) is 39.3. The van der Waals surface area contributed by atoms with E-state index < -0.39 is 35.4 Å². The number of nitrogens with one attached hydrogen (secondary N) is 5. The third-order valence-electron chi connectivity index (χ3n) is 11.3. The number of benzene rings is 2. The van der Waals surface area contributed by atoms with Crippen LogP contribution in [0.5, 0.6) is 0 Å². The van der Waals surface area contributed by atoms with Gasteiger partial charge in [0, 0.05) is 62.0 Å². The molecule has 1 amide bonds. The molecule has 2 atom stereocenters. The van der Waals surface area contributed by atoms with E-state index in [-0.39, 0.29) is 79.2 Å². The number of H-pyrrole nitrogens is 1. The van der Waals surface area contributed by atoms with E-state index in [1.54, 1.807) is 12.1 Å². The van der Waals surface area contributed by atoms with E-state index in [9.17, 15) is 48.9 Å². The van der Waals surface area contributed by atoms with Gasteiger partial charge < -0.3 is 42.3 Å². The summed E-state index contributed by atoms with van der Waals surface area (Å²) in [6.45, 7) is 4.50. The molecule has 5 rings (SSSR count). The summed E-state index contributed by atoms with van der Waals surface area (Å²) >= 11 is 5.47. The lowest BCUT2D eigenvalue weighted by molar-refractivity contribution is -0.141. The lowest BCUT2D eigenvalue weighted by Gasteiger charge is -2.36. The topological polar surface area (TPSA) is 318 Å². The molecule has 69 heavy (non-hydrogen) atoms. The number of amides is 1. The number of aromatic nitrogens is 4. The molecule has 2 aromatic heterocycles. The molecule has 3 heterocycles. The van der Waals surface area contributed by atoms with Crippen molar-refractivity contribution in [1.82, 2.24) is 45.3 Å². The van der Waals surface area contributed by atoms with Crippen LogP contribution in [-0.4, -0.2) is 161 Å². The number of nitrogens with two attached hydrogens (primary N) is 1. The number of rotatable bonds is 22. The van der Waals surface area contributed by atoms with Gasteiger partial charge in [-0.2, -0.15) is 4.98 Å². The summed E-state index contributed by atoms with van der Waals surface area (Å²) in [4.78, 5) is 106. The van der Waals surface area contributed by atoms with E-state index in [2.05, 4.69) is 46.1 Å². The molecule has 1 aliphatic rings. The second-order valence-electron chi connectivity index (χ2n) is 16.9. The Kier molecular flexibility index (Phi) is 20.4. The first kappa shape index (κ1) is 53.0. The Morgan fingerprint density at radius 1 is 0.855 bits per heavy atom. The van der Waals surface area contributed by atoms with Crippen molar-refractivity contribution >= 4 is 81.2 Å². The molecule has 22 nitrogen and oxygen atoms in total. The number of carboxylic acids is 3. The monoisotopic (exact) mass is 972 g/mol. The molecule has 0 bridgehead atoms. The van der Waals surface area contributed by atoms with Crippen LogP contribution in [0, 0.1) is 0 Å². The zero-order chi connectivity index (χ0) is 49.9. The predicted molar refractivity (Wildman–Crippen MR) is 261 cm³/mol. The van der Waals surface area contributed by atoms with Crippen LogP contribution in [0.15, 0.2) is 59.5 Å². The number of carbonyl (C=O) groups is 6. The first-order valence-corrected chi connectivity index (χ1v) is 23.1. The predicted octanol–water partition coefficient (Wildman–Crippen LogP) is 1.97. The maximum Gasteiger partial charge on any atom is 0.326 e. The number of hydrogen-bond acceptors (Lipinski definition) is 16. The maximum absolute atomic E-state index is 12.9. The molecule has 23 heteroatoms. The van der Waals surface area contributed by atoms with Crippen molar-refractivity contribution in [3.05, 3.63) is 81.9 Å². The van der Waals surface area contributed by atoms with Crippen molar-refractivity contribution in [2.24, 2.45) is 0 Å². The molecule has 0 radical (unpaired) electrons. The van der Waals surface area contributed by atoms with Crippen LogP contribution in [-0.2, 0) is 36.9 Å². The highest BCUT2D eigenvalue weighted by molar-refractivity contribution is 7.80. The van der Waals surface area contributed by atoms with Crippen molar-refractivity contribution < 1.29 is 44.1 Å². The average Bonchev–Trinajstić information content (AvgIpc) is 3.29. The Morgan fingerprint density at radius 3 is 2.25 bits per heavy atom. The van der Waals surface area contributed by atoms with E-state index in [1.807, 2.05) is 34.1 Å². The molecule has 0 saturated carbocycles. The van der Waals surface area contributed by atoms with Crippen molar-refractivity contribution in [3.63, 3.8) is 0 Å². The number of carbonyl (C=O) groups excluding carboxylic acids is 3. The fourth-order valence-electron chi connectivity index (χ4n) is 7.87. The van der Waals surface area contributed by atoms with Gasteiger partial charge in [0.15, 0.2) is 16.3 Å². The number of nitrogens with zero attached hydrogens (tertiary/aromatic N) is 6. The van der Waals surface area contributed by atoms with Gasteiger partial charge in [-0.3, -0.25) is 48.5 Å². The number of fused-ring (bicyclic) bond motifs is 1. The standard InChI is InChI=1S/C46H60N12O10S/c1-29(59)25-56-18-3-2-4-19-58(28-39(63)64)35(26-57(21-20-56)27-38(61)62)22-30-7-11-33(12-8-30)52-46(69)48-17-5-6-36(60)15-16-37(44(67)68)53-42(65)31-9-13-32(14-10-31)49-23-34-24-50-41-40(51-34)43(66)55-45(47)54-41/h7-14,24,35,37,49H,2-6,15-23,25-28H2,1H3,(H,53,65)(H,61,62)(H,63,64)(H,67,68)(H2,48,52,69)(H3,47,50,54,55,66). The summed E-state index contributed by atoms with van der Waals surface area (Å²) in [5.74, 6) is -4.04. The molecular weight excluding hydrogens is 913 g/mol. The van der Waals surface area contributed by atoms with Crippen LogP contribution in [0.2, 0.25) is 0 Å². The molecule has 2 aromatic carbocycles. The van der Waals surface area contributed by atoms with Gasteiger partial charge in [-0.1, -0.05) is 18.6 Å². The Morgan fingerprint density at radius 2 is 1.55 bits per heavy atom. The van der Waals surface area contributed by atoms with E-state index >= 15 is 0 Å². The Bertz CT molecular complexity index is 2490. The lowest BCUT2D eigenvalue weighted by atomic mass is 10.0. The summed E-state index contributed by atoms with van der Waals surface area (Å²) in [6.07, 6.45) is 4.81. The van der Waals surface area contributed by atoms with Crippen molar-refractivity contribution in [3.8, 4) is 0 Å². The number of carboxylic acid groups (broad SMARTS) is 3. The first-order chi connectivity index (χ1) is 33.0. The third-order valence-corrected chi connectivity index (χ3v) is 11.6. The molecule has 370 valence electrons. The SMILES string of the molecule is CC(=O)CN1CCCCCN(CC(=O)O)C(Cc2ccc(NC(=S)NCCCC(=O)CCC(NC(=O)c3ccc(NCc4cnc5nc(N)[nH]c(=O)c5n4)cc3)C(=O)O)cc2)CN(CC(=O)O)CC1. The molecule has 10 N–H and O–H groups in total. The molecule has 1 saturated heterocycles. The normalized spacial score (nSPS) is 15.8. The van der Waals surface area contributed by atoms with E-state index in [0.29, 0.717) is 80.8 Å². The minimum atomic E-state index is -1.29. The number of Topliss-reactive ketones (excluding diaryl/α,β-unsaturated/α-hetero) is 2. The van der Waals surface area contributed by atoms with Crippen LogP contribution in [0.25, 0.3) is 11.2 Å². The number of thiocarbonyl (C=S) groups is 1. The second kappa shape index (κ2) is 26.6. The van der Waals surface area contributed by atoms with Gasteiger partial charge in [0.25, 0.3) is 11.5 Å². The average molecular weight is 973 g/mol. The summed E-state index contributed by atoms with van der Waals surface area (Å²) < 4.78 is 0. The molecule has 4 aromatic rings. The highest BCUT2D eigenvalue weighted by Crippen LogP contribution is 2.18. The summed E-state index contributed by atoms with van der Waals surface area (Å²) in [5.41, 5.74) is 8.10. The smallest absolute Gasteiger partial charge is 0.326 e. The zero-order valence-electron chi connectivity index (χ0n) is 38.4. The van der Waals surface area contributed by atoms with Crippen molar-refractivity contribution in [1.29, 1.82) is 0 Å². The van der Waals surface area contributed by atoms with E-state index in [0.717, 1.165) is 24.8 Å². The molecule has 1 aliphatic heterocycles. The molecular formula is C46H60N12O10S. The number of aliphatic carboxylic acids is 3. The fraction of sp³-hybridized carbons (Fsp3) is 0.457. The Hall–Kier alpha value is -6.95. The Labute approximate surface area is 403 Å². The quantitative estimate of drug-likeness (QED) is 0.0402. The molecule has 0 spiro atoms. The summed E-state index contributed by atoms with van der Waals surface area (Å²) in [5, 5.41) is 41.4. The van der Waals surface area contributed by atoms with Crippen molar-refractivity contribution in [2.75, 3.05) is 75.3 Å². The van der Waals surface area contributed by atoms with Gasteiger partial charge in [-0.15, -0.1) is 0 Å². The molecule has 0 aliphatic carbocycles. The highest BCUT2D eigenvalue weighted by Gasteiger charge is 2.26. The number of anilines is 3. The van der Waals surface area contributed by atoms with Crippen LogP contribution < -0.4 is 32.6 Å². The first-order valence-electron chi connectivity index (χ1n) is 22.7. The highest BCUT2D eigenvalue weighted by atomic mass is 32.1. The number of hydrogen-bond donors (Lipinski definition) is 9. The molecule has 2 unspecified atom stereocenters. The number of nitrogen functional groups attached to an aromatic ring is 1. The lowest BCUT2D eigenvalue weighted by Crippen LogP contribution is -2.50. The van der Waals surface area contributed by atoms with Gasteiger partial charge in [0.2, 0.25) is 5.95 Å². The van der Waals surface area contributed by atoms with Gasteiger partial charge in [0.1, 0.15) is 17.6 Å². The van der Waals surface area contributed by atoms with Crippen LogP contribution >= 0.6 is 12.2 Å². The minimum absolute atomic E-state index is 0.0418. The van der Waals surface area contributed by atoms with E-state index in [1.165, 1.54) is 25.3 Å². The van der Waals surface area contributed by atoms with E-state index in [4.69, 9.17) is 18.0 Å². The van der Waals surface area contributed by atoms with Gasteiger partial charge in [-0.05, 0) is 106 Å².